The Morgan fingerprint density at radius 1 is 0.938 bits per heavy atom. The highest BCUT2D eigenvalue weighted by Gasteiger charge is 2.30. The molecule has 2 aromatic carbocycles. The lowest BCUT2D eigenvalue weighted by atomic mass is 10.1. The van der Waals surface area contributed by atoms with Crippen molar-refractivity contribution in [3.8, 4) is 28.4 Å². The van der Waals surface area contributed by atoms with Crippen LogP contribution in [0.25, 0.3) is 11.1 Å². The molecule has 0 saturated heterocycles. The Hall–Kier alpha value is -4.08. The molecular formula is C22H18F3N3O4. The maximum atomic E-state index is 12.4. The number of rotatable bonds is 7. The molecule has 10 heteroatoms. The summed E-state index contributed by atoms with van der Waals surface area (Å²) in [4.78, 5) is 16.4. The van der Waals surface area contributed by atoms with E-state index in [1.165, 1.54) is 57.1 Å². The van der Waals surface area contributed by atoms with Gasteiger partial charge in [0.25, 0.3) is 5.91 Å². The quantitative estimate of drug-likeness (QED) is 0.430. The van der Waals surface area contributed by atoms with Crippen LogP contribution in [0.2, 0.25) is 0 Å². The van der Waals surface area contributed by atoms with Gasteiger partial charge in [0.2, 0.25) is 0 Å². The van der Waals surface area contributed by atoms with E-state index < -0.39 is 12.3 Å². The van der Waals surface area contributed by atoms with Gasteiger partial charge in [0.1, 0.15) is 17.2 Å². The summed E-state index contributed by atoms with van der Waals surface area (Å²) in [6, 6.07) is 11.9. The van der Waals surface area contributed by atoms with Gasteiger partial charge in [-0.15, -0.1) is 13.2 Å². The first-order chi connectivity index (χ1) is 15.3. The van der Waals surface area contributed by atoms with Crippen LogP contribution in [0, 0.1) is 0 Å². The molecular weight excluding hydrogens is 427 g/mol. The molecule has 0 fully saturated rings. The number of aromatic nitrogens is 1. The first kappa shape index (κ1) is 22.6. The number of ether oxygens (including phenoxy) is 3. The number of amides is 1. The van der Waals surface area contributed by atoms with E-state index in [2.05, 4.69) is 20.2 Å². The average Bonchev–Trinajstić information content (AvgIpc) is 2.78. The minimum Gasteiger partial charge on any atom is -0.497 e. The lowest BCUT2D eigenvalue weighted by Crippen LogP contribution is -2.18. The van der Waals surface area contributed by atoms with Gasteiger partial charge < -0.3 is 14.2 Å². The van der Waals surface area contributed by atoms with Crippen LogP contribution in [0.1, 0.15) is 15.9 Å². The third-order valence-electron chi connectivity index (χ3n) is 4.18. The molecule has 7 nitrogen and oxygen atoms in total. The zero-order valence-electron chi connectivity index (χ0n) is 17.0. The van der Waals surface area contributed by atoms with Gasteiger partial charge in [0.05, 0.1) is 26.0 Å². The van der Waals surface area contributed by atoms with Crippen molar-refractivity contribution in [1.82, 2.24) is 10.4 Å². The van der Waals surface area contributed by atoms with Gasteiger partial charge in [-0.1, -0.05) is 12.1 Å². The van der Waals surface area contributed by atoms with Crippen LogP contribution in [0.15, 0.2) is 66.0 Å². The molecule has 0 aliphatic rings. The number of carbonyl (C=O) groups excluding carboxylic acids is 1. The molecule has 0 saturated carbocycles. The van der Waals surface area contributed by atoms with Gasteiger partial charge in [-0.25, -0.2) is 5.43 Å². The normalized spacial score (nSPS) is 11.3. The van der Waals surface area contributed by atoms with Gasteiger partial charge in [-0.3, -0.25) is 9.78 Å². The molecule has 0 aliphatic carbocycles. The summed E-state index contributed by atoms with van der Waals surface area (Å²) in [6.07, 6.45) is -0.497. The molecule has 1 N–H and O–H groups in total. The van der Waals surface area contributed by atoms with Crippen molar-refractivity contribution in [2.75, 3.05) is 14.2 Å². The number of nitrogens with zero attached hydrogens (tertiary/aromatic N) is 2. The number of hydrazone groups is 1. The maximum Gasteiger partial charge on any atom is 0.573 e. The van der Waals surface area contributed by atoms with E-state index in [1.54, 1.807) is 24.3 Å². The van der Waals surface area contributed by atoms with Gasteiger partial charge in [0.15, 0.2) is 0 Å². The summed E-state index contributed by atoms with van der Waals surface area (Å²) in [6.45, 7) is 0. The summed E-state index contributed by atoms with van der Waals surface area (Å²) in [7, 11) is 3.04. The number of alkyl halides is 3. The molecule has 0 unspecified atom stereocenters. The number of pyridine rings is 1. The van der Waals surface area contributed by atoms with Crippen molar-refractivity contribution >= 4 is 12.1 Å². The Kier molecular flexibility index (Phi) is 6.93. The fourth-order valence-electron chi connectivity index (χ4n) is 2.71. The molecule has 1 heterocycles. The smallest absolute Gasteiger partial charge is 0.497 e. The number of methoxy groups -OCH3 is 2. The second kappa shape index (κ2) is 9.82. The minimum atomic E-state index is -4.77. The van der Waals surface area contributed by atoms with Crippen molar-refractivity contribution in [3.05, 3.63) is 72.1 Å². The molecule has 0 atom stereocenters. The Balaban J connectivity index is 1.70. The first-order valence-corrected chi connectivity index (χ1v) is 9.15. The summed E-state index contributed by atoms with van der Waals surface area (Å²) < 4.78 is 51.1. The monoisotopic (exact) mass is 445 g/mol. The zero-order valence-corrected chi connectivity index (χ0v) is 17.0. The Labute approximate surface area is 181 Å². The van der Waals surface area contributed by atoms with Gasteiger partial charge in [-0.05, 0) is 35.9 Å². The second-order valence-corrected chi connectivity index (χ2v) is 6.38. The third kappa shape index (κ3) is 6.21. The van der Waals surface area contributed by atoms with E-state index in [0.29, 0.717) is 28.2 Å². The molecule has 0 aliphatic heterocycles. The molecule has 32 heavy (non-hydrogen) atoms. The van der Waals surface area contributed by atoms with Gasteiger partial charge in [-0.2, -0.15) is 5.10 Å². The first-order valence-electron chi connectivity index (χ1n) is 9.15. The Bertz CT molecular complexity index is 1090. The molecule has 0 bridgehead atoms. The van der Waals surface area contributed by atoms with Crippen molar-refractivity contribution in [3.63, 3.8) is 0 Å². The van der Waals surface area contributed by atoms with Gasteiger partial charge in [0, 0.05) is 29.6 Å². The van der Waals surface area contributed by atoms with Crippen LogP contribution < -0.4 is 19.6 Å². The highest BCUT2D eigenvalue weighted by Crippen LogP contribution is 2.26. The predicted octanol–water partition coefficient (Wildman–Crippen LogP) is 4.43. The van der Waals surface area contributed by atoms with Crippen LogP contribution >= 0.6 is 0 Å². The molecule has 0 spiro atoms. The fraction of sp³-hybridized carbons (Fsp3) is 0.136. The lowest BCUT2D eigenvalue weighted by molar-refractivity contribution is -0.274. The average molecular weight is 445 g/mol. The van der Waals surface area contributed by atoms with E-state index in [0.717, 1.165) is 0 Å². The van der Waals surface area contributed by atoms with Crippen LogP contribution in [0.4, 0.5) is 13.2 Å². The summed E-state index contributed by atoms with van der Waals surface area (Å²) >= 11 is 0. The van der Waals surface area contributed by atoms with Crippen molar-refractivity contribution < 1.29 is 32.2 Å². The molecule has 0 radical (unpaired) electrons. The standard InChI is InChI=1S/C22H18F3N3O4/c1-30-19-7-14(8-20(10-19)31-2)11-27-28-21(29)17-9-16(12-26-13-17)15-3-5-18(6-4-15)32-22(23,24)25/h3-13H,1-2H3,(H,28,29)/b27-11+. The fourth-order valence-corrected chi connectivity index (χ4v) is 2.71. The molecule has 3 aromatic rings. The number of nitrogens with one attached hydrogen (secondary N) is 1. The third-order valence-corrected chi connectivity index (χ3v) is 4.18. The number of carbonyl (C=O) groups is 1. The van der Waals surface area contributed by atoms with E-state index in [4.69, 9.17) is 9.47 Å². The Morgan fingerprint density at radius 3 is 2.19 bits per heavy atom. The van der Waals surface area contributed by atoms with E-state index in [1.807, 2.05) is 0 Å². The van der Waals surface area contributed by atoms with E-state index in [9.17, 15) is 18.0 Å². The SMILES string of the molecule is COc1cc(/C=N/NC(=O)c2cncc(-c3ccc(OC(F)(F)F)cc3)c2)cc(OC)c1. The summed E-state index contributed by atoms with van der Waals surface area (Å²) in [5.74, 6) is 0.287. The van der Waals surface area contributed by atoms with Crippen molar-refractivity contribution in [2.45, 2.75) is 6.36 Å². The topological polar surface area (TPSA) is 82.0 Å². The largest absolute Gasteiger partial charge is 0.573 e. The lowest BCUT2D eigenvalue weighted by Gasteiger charge is -2.09. The zero-order chi connectivity index (χ0) is 23.1. The summed E-state index contributed by atoms with van der Waals surface area (Å²) in [5.41, 5.74) is 4.37. The van der Waals surface area contributed by atoms with Crippen LogP contribution in [0.5, 0.6) is 17.2 Å². The number of hydrogen-bond donors (Lipinski definition) is 1. The summed E-state index contributed by atoms with van der Waals surface area (Å²) in [5, 5.41) is 3.93. The Morgan fingerprint density at radius 2 is 1.59 bits per heavy atom. The highest BCUT2D eigenvalue weighted by atomic mass is 19.4. The molecule has 3 rings (SSSR count). The van der Waals surface area contributed by atoms with Crippen molar-refractivity contribution in [1.29, 1.82) is 0 Å². The van der Waals surface area contributed by atoms with Crippen LogP contribution in [0.3, 0.4) is 0 Å². The molecule has 1 amide bonds. The molecule has 1 aromatic heterocycles. The predicted molar refractivity (Wildman–Crippen MR) is 111 cm³/mol. The minimum absolute atomic E-state index is 0.221. The van der Waals surface area contributed by atoms with Gasteiger partial charge >= 0.3 is 6.36 Å². The van der Waals surface area contributed by atoms with E-state index in [-0.39, 0.29) is 11.3 Å². The molecule has 166 valence electrons. The second-order valence-electron chi connectivity index (χ2n) is 6.38. The van der Waals surface area contributed by atoms with Crippen molar-refractivity contribution in [2.24, 2.45) is 5.10 Å². The van der Waals surface area contributed by atoms with Crippen LogP contribution in [-0.2, 0) is 0 Å². The number of benzene rings is 2. The number of halogens is 3. The maximum absolute atomic E-state index is 12.4. The number of hydrogen-bond acceptors (Lipinski definition) is 6. The van der Waals surface area contributed by atoms with Crippen LogP contribution in [-0.4, -0.2) is 37.7 Å². The highest BCUT2D eigenvalue weighted by molar-refractivity contribution is 5.95. The van der Waals surface area contributed by atoms with E-state index >= 15 is 0 Å².